The fourth-order valence-electron chi connectivity index (χ4n) is 2.47. The number of amides is 1. The smallest absolute Gasteiger partial charge is 0.254 e. The van der Waals surface area contributed by atoms with Crippen LogP contribution in [0.5, 0.6) is 0 Å². The van der Waals surface area contributed by atoms with Crippen molar-refractivity contribution in [3.05, 3.63) is 34.9 Å². The number of rotatable bonds is 4. The summed E-state index contributed by atoms with van der Waals surface area (Å²) in [6.07, 6.45) is 0.992. The first kappa shape index (κ1) is 13.1. The van der Waals surface area contributed by atoms with Crippen LogP contribution in [0.1, 0.15) is 48.7 Å². The van der Waals surface area contributed by atoms with Crippen LogP contribution in [-0.2, 0) is 13.1 Å². The summed E-state index contributed by atoms with van der Waals surface area (Å²) in [7, 11) is 0. The molecule has 1 amide bonds. The Morgan fingerprint density at radius 1 is 1.33 bits per heavy atom. The number of fused-ring (bicyclic) bond motifs is 1. The molecular formula is C15H22N2O. The lowest BCUT2D eigenvalue weighted by Gasteiger charge is -2.27. The molecule has 0 spiro atoms. The number of nitrogens with one attached hydrogen (secondary N) is 1. The first-order chi connectivity index (χ1) is 8.67. The maximum Gasteiger partial charge on any atom is 0.254 e. The van der Waals surface area contributed by atoms with Gasteiger partial charge in [0.15, 0.2) is 0 Å². The van der Waals surface area contributed by atoms with E-state index in [1.54, 1.807) is 0 Å². The molecule has 0 bridgehead atoms. The third kappa shape index (κ3) is 2.41. The van der Waals surface area contributed by atoms with Gasteiger partial charge in [-0.15, -0.1) is 0 Å². The zero-order valence-electron chi connectivity index (χ0n) is 11.5. The summed E-state index contributed by atoms with van der Waals surface area (Å²) in [4.78, 5) is 14.4. The lowest BCUT2D eigenvalue weighted by Crippen LogP contribution is -2.38. The highest BCUT2D eigenvalue weighted by molar-refractivity contribution is 5.94. The molecule has 0 saturated heterocycles. The van der Waals surface area contributed by atoms with E-state index in [1.165, 1.54) is 11.1 Å². The summed E-state index contributed by atoms with van der Waals surface area (Å²) in [6, 6.07) is 6.38. The number of nitrogens with zero attached hydrogens (tertiary/aromatic N) is 1. The Morgan fingerprint density at radius 2 is 2.06 bits per heavy atom. The van der Waals surface area contributed by atoms with Gasteiger partial charge in [-0.1, -0.05) is 13.0 Å². The molecule has 1 unspecified atom stereocenters. The summed E-state index contributed by atoms with van der Waals surface area (Å²) in [5, 5.41) is 3.31. The van der Waals surface area contributed by atoms with Crippen LogP contribution in [0.25, 0.3) is 0 Å². The van der Waals surface area contributed by atoms with E-state index in [2.05, 4.69) is 25.2 Å². The van der Waals surface area contributed by atoms with Crippen LogP contribution in [0.15, 0.2) is 18.2 Å². The molecule has 1 atom stereocenters. The number of carbonyl (C=O) groups is 1. The van der Waals surface area contributed by atoms with Crippen LogP contribution in [0.3, 0.4) is 0 Å². The highest BCUT2D eigenvalue weighted by Gasteiger charge is 2.20. The van der Waals surface area contributed by atoms with E-state index >= 15 is 0 Å². The molecular weight excluding hydrogens is 224 g/mol. The zero-order chi connectivity index (χ0) is 13.1. The predicted molar refractivity (Wildman–Crippen MR) is 73.4 cm³/mol. The van der Waals surface area contributed by atoms with Crippen LogP contribution in [-0.4, -0.2) is 23.4 Å². The van der Waals surface area contributed by atoms with E-state index in [-0.39, 0.29) is 5.91 Å². The molecule has 1 aromatic rings. The van der Waals surface area contributed by atoms with Crippen LogP contribution in [0, 0.1) is 0 Å². The molecule has 0 aromatic heterocycles. The second-order valence-corrected chi connectivity index (χ2v) is 4.94. The normalized spacial score (nSPS) is 15.3. The molecule has 98 valence electrons. The number of hydrogen-bond donors (Lipinski definition) is 1. The monoisotopic (exact) mass is 246 g/mol. The van der Waals surface area contributed by atoms with Crippen molar-refractivity contribution in [2.75, 3.05) is 6.54 Å². The molecule has 1 aromatic carbocycles. The van der Waals surface area contributed by atoms with Gasteiger partial charge in [0.25, 0.3) is 5.91 Å². The van der Waals surface area contributed by atoms with E-state index < -0.39 is 0 Å². The molecule has 0 fully saturated rings. The van der Waals surface area contributed by atoms with E-state index in [1.807, 2.05) is 24.0 Å². The SMILES string of the molecule is CCC(C)N(CC)C(=O)c1ccc2c(c1)CNC2. The van der Waals surface area contributed by atoms with Crippen LogP contribution in [0.4, 0.5) is 0 Å². The highest BCUT2D eigenvalue weighted by atomic mass is 16.2. The summed E-state index contributed by atoms with van der Waals surface area (Å²) in [6.45, 7) is 8.84. The van der Waals surface area contributed by atoms with Gasteiger partial charge in [-0.05, 0) is 43.5 Å². The summed E-state index contributed by atoms with van der Waals surface area (Å²) < 4.78 is 0. The first-order valence-electron chi connectivity index (χ1n) is 6.80. The average molecular weight is 246 g/mol. The van der Waals surface area contributed by atoms with Crippen molar-refractivity contribution in [3.8, 4) is 0 Å². The summed E-state index contributed by atoms with van der Waals surface area (Å²) >= 11 is 0. The largest absolute Gasteiger partial charge is 0.336 e. The maximum absolute atomic E-state index is 12.5. The Bertz CT molecular complexity index is 442. The number of benzene rings is 1. The van der Waals surface area contributed by atoms with Gasteiger partial charge in [0.05, 0.1) is 0 Å². The molecule has 1 aliphatic heterocycles. The third-order valence-corrected chi connectivity index (χ3v) is 3.81. The van der Waals surface area contributed by atoms with E-state index in [0.29, 0.717) is 6.04 Å². The van der Waals surface area contributed by atoms with Crippen LogP contribution >= 0.6 is 0 Å². The second kappa shape index (κ2) is 5.53. The molecule has 18 heavy (non-hydrogen) atoms. The Hall–Kier alpha value is -1.35. The van der Waals surface area contributed by atoms with Gasteiger partial charge in [0, 0.05) is 31.2 Å². The Labute approximate surface area is 109 Å². The average Bonchev–Trinajstić information content (AvgIpc) is 2.86. The van der Waals surface area contributed by atoms with Crippen LogP contribution in [0.2, 0.25) is 0 Å². The first-order valence-corrected chi connectivity index (χ1v) is 6.80. The fourth-order valence-corrected chi connectivity index (χ4v) is 2.47. The molecule has 3 nitrogen and oxygen atoms in total. The van der Waals surface area contributed by atoms with Gasteiger partial charge in [0.2, 0.25) is 0 Å². The minimum atomic E-state index is 0.154. The Morgan fingerprint density at radius 3 is 2.72 bits per heavy atom. The molecule has 3 heteroatoms. The van der Waals surface area contributed by atoms with Crippen molar-refractivity contribution in [2.45, 2.75) is 46.3 Å². The molecule has 1 N–H and O–H groups in total. The Balaban J connectivity index is 2.22. The van der Waals surface area contributed by atoms with E-state index in [9.17, 15) is 4.79 Å². The second-order valence-electron chi connectivity index (χ2n) is 4.94. The van der Waals surface area contributed by atoms with Crippen LogP contribution < -0.4 is 5.32 Å². The fraction of sp³-hybridized carbons (Fsp3) is 0.533. The van der Waals surface area contributed by atoms with Crippen molar-refractivity contribution in [1.29, 1.82) is 0 Å². The molecule has 2 rings (SSSR count). The van der Waals surface area contributed by atoms with Crippen molar-refractivity contribution >= 4 is 5.91 Å². The van der Waals surface area contributed by atoms with Gasteiger partial charge in [-0.3, -0.25) is 4.79 Å². The lowest BCUT2D eigenvalue weighted by molar-refractivity contribution is 0.0700. The third-order valence-electron chi connectivity index (χ3n) is 3.81. The van der Waals surface area contributed by atoms with Gasteiger partial charge < -0.3 is 10.2 Å². The maximum atomic E-state index is 12.5. The topological polar surface area (TPSA) is 32.3 Å². The van der Waals surface area contributed by atoms with Crippen molar-refractivity contribution in [2.24, 2.45) is 0 Å². The molecule has 1 heterocycles. The minimum Gasteiger partial charge on any atom is -0.336 e. The Kier molecular flexibility index (Phi) is 4.02. The molecule has 1 aliphatic rings. The zero-order valence-corrected chi connectivity index (χ0v) is 11.5. The number of carbonyl (C=O) groups excluding carboxylic acids is 1. The minimum absolute atomic E-state index is 0.154. The van der Waals surface area contributed by atoms with Crippen molar-refractivity contribution in [3.63, 3.8) is 0 Å². The van der Waals surface area contributed by atoms with Gasteiger partial charge in [0.1, 0.15) is 0 Å². The molecule has 0 radical (unpaired) electrons. The summed E-state index contributed by atoms with van der Waals surface area (Å²) in [5.41, 5.74) is 3.40. The molecule has 0 saturated carbocycles. The quantitative estimate of drug-likeness (QED) is 0.885. The van der Waals surface area contributed by atoms with Gasteiger partial charge >= 0.3 is 0 Å². The van der Waals surface area contributed by atoms with Crippen molar-refractivity contribution < 1.29 is 4.79 Å². The number of hydrogen-bond acceptors (Lipinski definition) is 2. The van der Waals surface area contributed by atoms with Gasteiger partial charge in [-0.25, -0.2) is 0 Å². The summed E-state index contributed by atoms with van der Waals surface area (Å²) in [5.74, 6) is 0.154. The molecule has 0 aliphatic carbocycles. The van der Waals surface area contributed by atoms with Crippen molar-refractivity contribution in [1.82, 2.24) is 10.2 Å². The van der Waals surface area contributed by atoms with Gasteiger partial charge in [-0.2, -0.15) is 0 Å². The van der Waals surface area contributed by atoms with E-state index in [4.69, 9.17) is 0 Å². The lowest BCUT2D eigenvalue weighted by atomic mass is 10.0. The highest BCUT2D eigenvalue weighted by Crippen LogP contribution is 2.19. The van der Waals surface area contributed by atoms with E-state index in [0.717, 1.165) is 31.6 Å². The standard InChI is InChI=1S/C15H22N2O/c1-4-11(3)17(5-2)15(18)12-6-7-13-9-16-10-14(13)8-12/h6-8,11,16H,4-5,9-10H2,1-3H3. The predicted octanol–water partition coefficient (Wildman–Crippen LogP) is 2.55.